The van der Waals surface area contributed by atoms with E-state index in [0.717, 1.165) is 22.3 Å². The van der Waals surface area contributed by atoms with E-state index in [0.29, 0.717) is 23.7 Å². The standard InChI is InChI=1S/C32H26ClFN6O3/c1-43-32(42)20-4-7-23(8-5-20)40-24(15-22-14-21(19-2-3-19)6-10-28(22)40)16-39-17-27(36-37-39)29(41)11-9-26-31-30(34)25(33)12-13-38(31)18-35-26/h4-8,10,12-15,17-19H,2-3,9,11,16H2,1H3. The molecule has 0 spiro atoms. The first-order valence-corrected chi connectivity index (χ1v) is 14.3. The largest absolute Gasteiger partial charge is 0.465 e. The van der Waals surface area contributed by atoms with E-state index in [4.69, 9.17) is 16.3 Å². The highest BCUT2D eigenvalue weighted by molar-refractivity contribution is 6.31. The van der Waals surface area contributed by atoms with E-state index in [2.05, 4.69) is 44.1 Å². The molecule has 0 unspecified atom stereocenters. The number of carbonyl (C=O) groups is 2. The van der Waals surface area contributed by atoms with Gasteiger partial charge >= 0.3 is 5.97 Å². The maximum absolute atomic E-state index is 14.6. The average Bonchev–Trinajstić information content (AvgIpc) is 3.46. The first-order valence-electron chi connectivity index (χ1n) is 14.0. The highest BCUT2D eigenvalue weighted by Crippen LogP contribution is 2.41. The lowest BCUT2D eigenvalue weighted by Gasteiger charge is -2.12. The van der Waals surface area contributed by atoms with E-state index in [9.17, 15) is 14.0 Å². The van der Waals surface area contributed by atoms with Gasteiger partial charge < -0.3 is 13.7 Å². The van der Waals surface area contributed by atoms with Crippen LogP contribution in [0.15, 0.2) is 73.3 Å². The number of rotatable bonds is 9. The molecule has 9 nitrogen and oxygen atoms in total. The molecule has 43 heavy (non-hydrogen) atoms. The van der Waals surface area contributed by atoms with Crippen LogP contribution in [0, 0.1) is 5.82 Å². The fourth-order valence-corrected chi connectivity index (χ4v) is 5.69. The third-order valence-corrected chi connectivity index (χ3v) is 8.19. The van der Waals surface area contributed by atoms with Crippen LogP contribution < -0.4 is 0 Å². The van der Waals surface area contributed by atoms with Gasteiger partial charge in [0.1, 0.15) is 11.2 Å². The molecular weight excluding hydrogens is 571 g/mol. The second kappa shape index (κ2) is 10.8. The quantitative estimate of drug-likeness (QED) is 0.146. The molecule has 0 aliphatic heterocycles. The van der Waals surface area contributed by atoms with Crippen LogP contribution in [0.5, 0.6) is 0 Å². The second-order valence-corrected chi connectivity index (χ2v) is 11.2. The number of methoxy groups -OCH3 is 1. The molecule has 0 amide bonds. The van der Waals surface area contributed by atoms with Crippen LogP contribution in [0.2, 0.25) is 5.02 Å². The Balaban J connectivity index is 1.15. The van der Waals surface area contributed by atoms with Crippen molar-refractivity contribution in [3.8, 4) is 5.69 Å². The van der Waals surface area contributed by atoms with Gasteiger partial charge in [-0.05, 0) is 79.3 Å². The Morgan fingerprint density at radius 1 is 1.09 bits per heavy atom. The number of hydrogen-bond donors (Lipinski definition) is 0. The van der Waals surface area contributed by atoms with Gasteiger partial charge in [-0.25, -0.2) is 18.9 Å². The smallest absolute Gasteiger partial charge is 0.337 e. The topological polar surface area (TPSA) is 96.3 Å². The number of esters is 1. The van der Waals surface area contributed by atoms with Crippen molar-refractivity contribution < 1.29 is 18.7 Å². The van der Waals surface area contributed by atoms with Crippen LogP contribution >= 0.6 is 11.6 Å². The molecule has 1 saturated carbocycles. The Morgan fingerprint density at radius 3 is 2.67 bits per heavy atom. The minimum Gasteiger partial charge on any atom is -0.465 e. The van der Waals surface area contributed by atoms with Gasteiger partial charge in [0, 0.05) is 29.4 Å². The molecule has 7 rings (SSSR count). The van der Waals surface area contributed by atoms with Crippen molar-refractivity contribution in [1.82, 2.24) is 28.9 Å². The monoisotopic (exact) mass is 596 g/mol. The Labute approximate surface area is 250 Å². The van der Waals surface area contributed by atoms with E-state index < -0.39 is 11.8 Å². The molecule has 2 aromatic carbocycles. The summed E-state index contributed by atoms with van der Waals surface area (Å²) in [7, 11) is 1.36. The number of pyridine rings is 1. The number of ketones is 1. The van der Waals surface area contributed by atoms with Gasteiger partial charge in [0.15, 0.2) is 11.6 Å². The van der Waals surface area contributed by atoms with Crippen molar-refractivity contribution in [1.29, 1.82) is 0 Å². The molecular formula is C32H26ClFN6O3. The van der Waals surface area contributed by atoms with Gasteiger partial charge in [-0.3, -0.25) is 4.79 Å². The van der Waals surface area contributed by atoms with Crippen molar-refractivity contribution in [2.24, 2.45) is 0 Å². The van der Waals surface area contributed by atoms with E-state index in [-0.39, 0.29) is 34.9 Å². The van der Waals surface area contributed by atoms with Crippen molar-refractivity contribution in [2.75, 3.05) is 7.11 Å². The van der Waals surface area contributed by atoms with Crippen LogP contribution in [0.1, 0.15) is 63.0 Å². The Morgan fingerprint density at radius 2 is 1.91 bits per heavy atom. The van der Waals surface area contributed by atoms with Crippen molar-refractivity contribution in [3.63, 3.8) is 0 Å². The van der Waals surface area contributed by atoms with Crippen LogP contribution in [-0.2, 0) is 17.7 Å². The van der Waals surface area contributed by atoms with Gasteiger partial charge in [-0.2, -0.15) is 0 Å². The number of halogens is 2. The lowest BCUT2D eigenvalue weighted by atomic mass is 10.1. The zero-order valence-corrected chi connectivity index (χ0v) is 24.0. The Bertz CT molecular complexity index is 2020. The molecule has 1 aliphatic carbocycles. The van der Waals surface area contributed by atoms with Gasteiger partial charge in [0.25, 0.3) is 0 Å². The lowest BCUT2D eigenvalue weighted by molar-refractivity contribution is 0.0600. The summed E-state index contributed by atoms with van der Waals surface area (Å²) in [4.78, 5) is 29.3. The summed E-state index contributed by atoms with van der Waals surface area (Å²) in [5, 5.41) is 9.47. The average molecular weight is 597 g/mol. The fraction of sp³-hybridized carbons (Fsp3) is 0.219. The van der Waals surface area contributed by atoms with Crippen LogP contribution in [0.3, 0.4) is 0 Å². The summed E-state index contributed by atoms with van der Waals surface area (Å²) >= 11 is 5.95. The minimum atomic E-state index is -0.561. The first kappa shape index (κ1) is 27.0. The number of hydrogen-bond acceptors (Lipinski definition) is 6. The molecule has 11 heteroatoms. The molecule has 4 heterocycles. The summed E-state index contributed by atoms with van der Waals surface area (Å²) in [5.41, 5.74) is 5.59. The SMILES string of the molecule is COC(=O)c1ccc(-n2c(Cn3cc(C(=O)CCc4ncn5ccc(Cl)c(F)c45)nn3)cc3cc(C4CC4)ccc32)cc1. The van der Waals surface area contributed by atoms with Gasteiger partial charge in [0.2, 0.25) is 0 Å². The van der Waals surface area contributed by atoms with Crippen LogP contribution in [-0.4, -0.2) is 47.8 Å². The number of imidazole rings is 1. The molecule has 0 saturated heterocycles. The lowest BCUT2D eigenvalue weighted by Crippen LogP contribution is -2.08. The number of aromatic nitrogens is 6. The highest BCUT2D eigenvalue weighted by Gasteiger charge is 2.24. The molecule has 0 N–H and O–H groups in total. The number of benzene rings is 2. The van der Waals surface area contributed by atoms with E-state index in [1.54, 1.807) is 33.6 Å². The van der Waals surface area contributed by atoms with Gasteiger partial charge in [-0.1, -0.05) is 22.9 Å². The van der Waals surface area contributed by atoms with Crippen LogP contribution in [0.25, 0.3) is 22.1 Å². The number of carbonyl (C=O) groups excluding carboxylic acids is 2. The zero-order valence-electron chi connectivity index (χ0n) is 23.2. The second-order valence-electron chi connectivity index (χ2n) is 10.8. The maximum Gasteiger partial charge on any atom is 0.337 e. The molecule has 1 aliphatic rings. The summed E-state index contributed by atoms with van der Waals surface area (Å²) in [6, 6.07) is 17.4. The summed E-state index contributed by atoms with van der Waals surface area (Å²) < 4.78 is 24.8. The van der Waals surface area contributed by atoms with E-state index in [1.165, 1.54) is 37.9 Å². The highest BCUT2D eigenvalue weighted by atomic mass is 35.5. The minimum absolute atomic E-state index is 0.00380. The van der Waals surface area contributed by atoms with Crippen molar-refractivity contribution in [2.45, 2.75) is 38.1 Å². The summed E-state index contributed by atoms with van der Waals surface area (Å²) in [6.07, 6.45) is 7.51. The molecule has 1 fully saturated rings. The molecule has 6 aromatic rings. The molecule has 4 aromatic heterocycles. The number of fused-ring (bicyclic) bond motifs is 2. The predicted molar refractivity (Wildman–Crippen MR) is 159 cm³/mol. The Hall–Kier alpha value is -4.83. The first-order chi connectivity index (χ1) is 20.9. The third-order valence-electron chi connectivity index (χ3n) is 7.90. The molecule has 0 atom stereocenters. The predicted octanol–water partition coefficient (Wildman–Crippen LogP) is 6.19. The normalized spacial score (nSPS) is 13.2. The number of aryl methyl sites for hydroxylation is 1. The molecule has 0 radical (unpaired) electrons. The molecule has 0 bridgehead atoms. The number of ether oxygens (including phenoxy) is 1. The summed E-state index contributed by atoms with van der Waals surface area (Å²) in [6.45, 7) is 0.363. The van der Waals surface area contributed by atoms with Gasteiger partial charge in [0.05, 0.1) is 48.0 Å². The van der Waals surface area contributed by atoms with E-state index in [1.807, 2.05) is 12.1 Å². The third kappa shape index (κ3) is 5.08. The van der Waals surface area contributed by atoms with Gasteiger partial charge in [-0.15, -0.1) is 5.10 Å². The number of nitrogens with zero attached hydrogens (tertiary/aromatic N) is 6. The van der Waals surface area contributed by atoms with Crippen molar-refractivity contribution in [3.05, 3.63) is 112 Å². The number of Topliss-reactive ketones (excluding diaryl/α,β-unsaturated/α-hetero) is 1. The summed E-state index contributed by atoms with van der Waals surface area (Å²) in [5.74, 6) is -0.557. The van der Waals surface area contributed by atoms with E-state index >= 15 is 0 Å². The fourth-order valence-electron chi connectivity index (χ4n) is 5.54. The molecule has 216 valence electrons. The van der Waals surface area contributed by atoms with Crippen LogP contribution in [0.4, 0.5) is 4.39 Å². The van der Waals surface area contributed by atoms with Crippen molar-refractivity contribution >= 4 is 39.8 Å². The Kier molecular flexibility index (Phi) is 6.78. The maximum atomic E-state index is 14.6. The zero-order chi connectivity index (χ0) is 29.7.